The van der Waals surface area contributed by atoms with E-state index in [0.717, 1.165) is 28.3 Å². The Bertz CT molecular complexity index is 1200. The molecule has 4 aromatic rings. The highest BCUT2D eigenvalue weighted by Gasteiger charge is 2.22. The molecule has 2 heterocycles. The lowest BCUT2D eigenvalue weighted by molar-refractivity contribution is 0.0986. The Kier molecular flexibility index (Phi) is 8.57. The van der Waals surface area contributed by atoms with Gasteiger partial charge in [-0.1, -0.05) is 31.3 Å². The SMILES string of the molecule is Cc1ccc2sc(N(CCCn3ccnc3)C(=O)c3ccc(SC(C)C)cc3)nc2c1C.Cl. The number of benzene rings is 2. The quantitative estimate of drug-likeness (QED) is 0.250. The van der Waals surface area contributed by atoms with Crippen LogP contribution in [0.25, 0.3) is 10.2 Å². The van der Waals surface area contributed by atoms with Gasteiger partial charge in [-0.15, -0.1) is 24.2 Å². The summed E-state index contributed by atoms with van der Waals surface area (Å²) in [5.41, 5.74) is 4.06. The number of amides is 1. The fourth-order valence-electron chi connectivity index (χ4n) is 3.55. The standard InChI is InChI=1S/C25H28N4OS2.ClH/c1-17(2)31-21-9-7-20(8-10-21)24(30)29(14-5-13-28-15-12-26-16-28)25-27-23-19(4)18(3)6-11-22(23)32-25;/h6-12,15-17H,5,13-14H2,1-4H3;1H. The second-order valence-electron chi connectivity index (χ2n) is 8.15. The number of rotatable bonds is 8. The minimum Gasteiger partial charge on any atom is -0.337 e. The number of aromatic nitrogens is 3. The van der Waals surface area contributed by atoms with Crippen LogP contribution in [0.4, 0.5) is 5.13 Å². The van der Waals surface area contributed by atoms with E-state index in [1.165, 1.54) is 16.0 Å². The summed E-state index contributed by atoms with van der Waals surface area (Å²) < 4.78 is 3.14. The van der Waals surface area contributed by atoms with Gasteiger partial charge in [-0.05, 0) is 61.7 Å². The highest BCUT2D eigenvalue weighted by atomic mass is 35.5. The van der Waals surface area contributed by atoms with Crippen LogP contribution in [0.2, 0.25) is 0 Å². The molecular weight excluding hydrogens is 472 g/mol. The number of aryl methyl sites for hydroxylation is 3. The summed E-state index contributed by atoms with van der Waals surface area (Å²) >= 11 is 3.38. The molecule has 8 heteroatoms. The van der Waals surface area contributed by atoms with Crippen LogP contribution < -0.4 is 4.90 Å². The molecule has 1 amide bonds. The maximum Gasteiger partial charge on any atom is 0.260 e. The number of imidazole rings is 1. The predicted octanol–water partition coefficient (Wildman–Crippen LogP) is 6.77. The molecule has 33 heavy (non-hydrogen) atoms. The van der Waals surface area contributed by atoms with Crippen molar-refractivity contribution < 1.29 is 4.79 Å². The van der Waals surface area contributed by atoms with Crippen LogP contribution in [0.3, 0.4) is 0 Å². The number of carbonyl (C=O) groups excluding carboxylic acids is 1. The number of carbonyl (C=O) groups is 1. The van der Waals surface area contributed by atoms with E-state index in [1.54, 1.807) is 35.6 Å². The smallest absolute Gasteiger partial charge is 0.260 e. The van der Waals surface area contributed by atoms with Gasteiger partial charge in [0.1, 0.15) is 0 Å². The number of thiazole rings is 1. The third-order valence-electron chi connectivity index (χ3n) is 5.38. The average molecular weight is 501 g/mol. The maximum atomic E-state index is 13.6. The van der Waals surface area contributed by atoms with Crippen molar-refractivity contribution in [1.29, 1.82) is 0 Å². The van der Waals surface area contributed by atoms with Gasteiger partial charge in [0.2, 0.25) is 0 Å². The minimum atomic E-state index is -0.00911. The molecule has 2 aromatic heterocycles. The second kappa shape index (κ2) is 11.2. The van der Waals surface area contributed by atoms with Crippen molar-refractivity contribution in [3.63, 3.8) is 0 Å². The summed E-state index contributed by atoms with van der Waals surface area (Å²) in [5.74, 6) is -0.00911. The van der Waals surface area contributed by atoms with Gasteiger partial charge in [0.15, 0.2) is 5.13 Å². The topological polar surface area (TPSA) is 51.0 Å². The number of anilines is 1. The van der Waals surface area contributed by atoms with Crippen LogP contribution >= 0.6 is 35.5 Å². The number of hydrogen-bond donors (Lipinski definition) is 0. The molecule has 0 unspecified atom stereocenters. The third-order valence-corrected chi connectivity index (χ3v) is 7.44. The number of nitrogens with zero attached hydrogens (tertiary/aromatic N) is 4. The highest BCUT2D eigenvalue weighted by molar-refractivity contribution is 7.99. The number of halogens is 1. The van der Waals surface area contributed by atoms with Crippen molar-refractivity contribution in [3.05, 3.63) is 71.8 Å². The number of hydrogen-bond acceptors (Lipinski definition) is 5. The minimum absolute atomic E-state index is 0. The fourth-order valence-corrected chi connectivity index (χ4v) is 5.44. The summed E-state index contributed by atoms with van der Waals surface area (Å²) in [5, 5.41) is 1.26. The van der Waals surface area contributed by atoms with E-state index >= 15 is 0 Å². The molecular formula is C25H29ClN4OS2. The van der Waals surface area contributed by atoms with Crippen LogP contribution in [-0.4, -0.2) is 32.2 Å². The fraction of sp³-hybridized carbons (Fsp3) is 0.320. The summed E-state index contributed by atoms with van der Waals surface area (Å²) in [6.45, 7) is 9.93. The van der Waals surface area contributed by atoms with Gasteiger partial charge in [-0.3, -0.25) is 9.69 Å². The van der Waals surface area contributed by atoms with E-state index < -0.39 is 0 Å². The van der Waals surface area contributed by atoms with E-state index in [2.05, 4.69) is 44.8 Å². The van der Waals surface area contributed by atoms with Crippen molar-refractivity contribution in [2.75, 3.05) is 11.4 Å². The van der Waals surface area contributed by atoms with Crippen LogP contribution in [0.5, 0.6) is 0 Å². The van der Waals surface area contributed by atoms with Crippen molar-refractivity contribution in [2.24, 2.45) is 0 Å². The molecule has 0 aliphatic carbocycles. The van der Waals surface area contributed by atoms with Crippen LogP contribution in [0.1, 0.15) is 41.8 Å². The van der Waals surface area contributed by atoms with Crippen LogP contribution in [-0.2, 0) is 6.54 Å². The third kappa shape index (κ3) is 5.96. The summed E-state index contributed by atoms with van der Waals surface area (Å²) in [6.07, 6.45) is 6.35. The van der Waals surface area contributed by atoms with Crippen LogP contribution in [0, 0.1) is 13.8 Å². The molecule has 0 bridgehead atoms. The molecule has 0 spiro atoms. The Hall–Kier alpha value is -2.35. The molecule has 5 nitrogen and oxygen atoms in total. The molecule has 0 aliphatic rings. The van der Waals surface area contributed by atoms with E-state index in [4.69, 9.17) is 4.98 Å². The highest BCUT2D eigenvalue weighted by Crippen LogP contribution is 2.33. The zero-order chi connectivity index (χ0) is 22.7. The second-order valence-corrected chi connectivity index (χ2v) is 10.8. The van der Waals surface area contributed by atoms with E-state index in [9.17, 15) is 4.79 Å². The first kappa shape index (κ1) is 25.3. The number of thioether (sulfide) groups is 1. The summed E-state index contributed by atoms with van der Waals surface area (Å²) in [7, 11) is 0. The van der Waals surface area contributed by atoms with E-state index in [-0.39, 0.29) is 18.3 Å². The van der Waals surface area contributed by atoms with Gasteiger partial charge in [0, 0.05) is 41.2 Å². The molecule has 4 rings (SSSR count). The zero-order valence-corrected chi connectivity index (χ0v) is 21.8. The van der Waals surface area contributed by atoms with E-state index in [1.807, 2.05) is 39.9 Å². The zero-order valence-electron chi connectivity index (χ0n) is 19.3. The molecule has 0 fully saturated rings. The molecule has 2 aromatic carbocycles. The molecule has 0 atom stereocenters. The predicted molar refractivity (Wildman–Crippen MR) is 142 cm³/mol. The normalized spacial score (nSPS) is 11.1. The van der Waals surface area contributed by atoms with Crippen molar-refractivity contribution in [3.8, 4) is 0 Å². The summed E-state index contributed by atoms with van der Waals surface area (Å²) in [4.78, 5) is 25.6. The van der Waals surface area contributed by atoms with Crippen molar-refractivity contribution in [1.82, 2.24) is 14.5 Å². The van der Waals surface area contributed by atoms with Crippen LogP contribution in [0.15, 0.2) is 60.0 Å². The maximum absolute atomic E-state index is 13.6. The van der Waals surface area contributed by atoms with Gasteiger partial charge in [0.25, 0.3) is 5.91 Å². The average Bonchev–Trinajstić information content (AvgIpc) is 3.44. The Morgan fingerprint density at radius 2 is 1.91 bits per heavy atom. The Morgan fingerprint density at radius 1 is 1.15 bits per heavy atom. The molecule has 0 saturated heterocycles. The Morgan fingerprint density at radius 3 is 2.58 bits per heavy atom. The van der Waals surface area contributed by atoms with Crippen molar-refractivity contribution in [2.45, 2.75) is 50.8 Å². The summed E-state index contributed by atoms with van der Waals surface area (Å²) in [6, 6.07) is 12.2. The largest absolute Gasteiger partial charge is 0.337 e. The Balaban J connectivity index is 0.00000306. The molecule has 0 aliphatic heterocycles. The van der Waals surface area contributed by atoms with Gasteiger partial charge < -0.3 is 4.57 Å². The van der Waals surface area contributed by atoms with Gasteiger partial charge >= 0.3 is 0 Å². The number of fused-ring (bicyclic) bond motifs is 1. The van der Waals surface area contributed by atoms with Gasteiger partial charge in [0.05, 0.1) is 16.5 Å². The lowest BCUT2D eigenvalue weighted by atomic mass is 10.1. The molecule has 174 valence electrons. The van der Waals surface area contributed by atoms with E-state index in [0.29, 0.717) is 17.4 Å². The lowest BCUT2D eigenvalue weighted by Crippen LogP contribution is -2.32. The van der Waals surface area contributed by atoms with Gasteiger partial charge in [-0.25, -0.2) is 9.97 Å². The first-order valence-corrected chi connectivity index (χ1v) is 12.5. The molecule has 0 radical (unpaired) electrons. The van der Waals surface area contributed by atoms with Gasteiger partial charge in [-0.2, -0.15) is 0 Å². The molecule has 0 N–H and O–H groups in total. The lowest BCUT2D eigenvalue weighted by Gasteiger charge is -2.20. The Labute approximate surface area is 209 Å². The first-order chi connectivity index (χ1) is 15.4. The monoisotopic (exact) mass is 500 g/mol. The molecule has 0 saturated carbocycles. The first-order valence-electron chi connectivity index (χ1n) is 10.8. The van der Waals surface area contributed by atoms with Crippen molar-refractivity contribution >= 4 is 56.8 Å².